The van der Waals surface area contributed by atoms with E-state index in [9.17, 15) is 4.79 Å². The van der Waals surface area contributed by atoms with Gasteiger partial charge in [0, 0.05) is 23.4 Å². The Morgan fingerprint density at radius 3 is 2.11 bits per heavy atom. The number of thioether (sulfide) groups is 1. The summed E-state index contributed by atoms with van der Waals surface area (Å²) in [6.07, 6.45) is 0.545. The van der Waals surface area contributed by atoms with Crippen LogP contribution in [-0.4, -0.2) is 65.2 Å². The molecule has 13 heteroatoms. The van der Waals surface area contributed by atoms with Crippen molar-refractivity contribution in [1.29, 1.82) is 0 Å². The van der Waals surface area contributed by atoms with Crippen LogP contribution in [0.2, 0.25) is 0 Å². The molecule has 3 aromatic carbocycles. The molecule has 45 heavy (non-hydrogen) atoms. The lowest BCUT2D eigenvalue weighted by Crippen LogP contribution is -2.12. The lowest BCUT2D eigenvalue weighted by molar-refractivity contribution is 0.309. The fourth-order valence-corrected chi connectivity index (χ4v) is 5.32. The van der Waals surface area contributed by atoms with Crippen LogP contribution in [0.15, 0.2) is 67.4 Å². The molecule has 12 nitrogen and oxygen atoms in total. The number of fused-ring (bicyclic) bond motifs is 1. The summed E-state index contributed by atoms with van der Waals surface area (Å²) in [4.78, 5) is 14.0. The molecule has 0 aliphatic heterocycles. The van der Waals surface area contributed by atoms with Gasteiger partial charge in [-0.25, -0.2) is 0 Å². The summed E-state index contributed by atoms with van der Waals surface area (Å²) in [5.41, 5.74) is 1.03. The summed E-state index contributed by atoms with van der Waals surface area (Å²) < 4.78 is 51.1. The number of para-hydroxylation sites is 1. The van der Waals surface area contributed by atoms with Crippen molar-refractivity contribution in [3.63, 3.8) is 0 Å². The number of ether oxygens (including phenoxy) is 7. The summed E-state index contributed by atoms with van der Waals surface area (Å²) in [7, 11) is 9.09. The van der Waals surface area contributed by atoms with Gasteiger partial charge in [-0.2, -0.15) is 0 Å². The average molecular weight is 637 g/mol. The Bertz CT molecular complexity index is 1830. The zero-order valence-electron chi connectivity index (χ0n) is 25.6. The molecule has 0 fully saturated rings. The minimum absolute atomic E-state index is 0.00138. The number of hydrogen-bond acceptors (Lipinski definition) is 13. The molecule has 0 saturated heterocycles. The smallest absolute Gasteiger partial charge is 0.276 e. The van der Waals surface area contributed by atoms with Crippen molar-refractivity contribution in [2.45, 2.75) is 11.6 Å². The second-order valence-electron chi connectivity index (χ2n) is 9.33. The van der Waals surface area contributed by atoms with E-state index in [0.29, 0.717) is 63.2 Å². The van der Waals surface area contributed by atoms with E-state index >= 15 is 0 Å². The van der Waals surface area contributed by atoms with Crippen LogP contribution >= 0.6 is 11.8 Å². The third-order valence-corrected chi connectivity index (χ3v) is 7.68. The second-order valence-corrected chi connectivity index (χ2v) is 10.4. The molecule has 0 amide bonds. The average Bonchev–Trinajstić information content (AvgIpc) is 3.56. The minimum Gasteiger partial charge on any atom is -0.496 e. The molecule has 0 aliphatic rings. The predicted octanol–water partition coefficient (Wildman–Crippen LogP) is 6.12. The first kappa shape index (κ1) is 31.4. The van der Waals surface area contributed by atoms with Crippen LogP contribution in [0.4, 0.5) is 0 Å². The lowest BCUT2D eigenvalue weighted by atomic mass is 10.1. The van der Waals surface area contributed by atoms with Gasteiger partial charge < -0.3 is 42.0 Å². The Balaban J connectivity index is 1.43. The molecule has 0 radical (unpaired) electrons. The molecule has 5 aromatic rings. The first-order valence-electron chi connectivity index (χ1n) is 13.7. The summed E-state index contributed by atoms with van der Waals surface area (Å²) in [5.74, 6) is 3.65. The van der Waals surface area contributed by atoms with Crippen LogP contribution < -0.4 is 38.6 Å². The quantitative estimate of drug-likeness (QED) is 0.102. The number of hydrogen-bond donors (Lipinski definition) is 0. The van der Waals surface area contributed by atoms with Gasteiger partial charge in [-0.15, -0.1) is 10.2 Å². The van der Waals surface area contributed by atoms with Crippen LogP contribution in [0.1, 0.15) is 6.42 Å². The van der Waals surface area contributed by atoms with Gasteiger partial charge in [0.15, 0.2) is 17.3 Å². The highest BCUT2D eigenvalue weighted by molar-refractivity contribution is 7.99. The molecule has 0 aliphatic carbocycles. The second kappa shape index (κ2) is 14.2. The van der Waals surface area contributed by atoms with Gasteiger partial charge in [-0.05, 0) is 30.7 Å². The summed E-state index contributed by atoms with van der Waals surface area (Å²) in [5, 5.41) is 8.89. The number of aromatic nitrogens is 2. The van der Waals surface area contributed by atoms with Crippen molar-refractivity contribution in [3.8, 4) is 63.0 Å². The van der Waals surface area contributed by atoms with Gasteiger partial charge in [0.2, 0.25) is 16.9 Å². The third-order valence-electron chi connectivity index (χ3n) is 6.78. The molecular formula is C32H32N2O10S. The van der Waals surface area contributed by atoms with Crippen LogP contribution in [0.5, 0.6) is 40.2 Å². The molecule has 0 unspecified atom stereocenters. The maximum Gasteiger partial charge on any atom is 0.276 e. The van der Waals surface area contributed by atoms with E-state index in [4.69, 9.17) is 42.0 Å². The minimum atomic E-state index is -0.412. The van der Waals surface area contributed by atoms with E-state index in [1.807, 2.05) is 24.3 Å². The van der Waals surface area contributed by atoms with Crippen LogP contribution in [0, 0.1) is 0 Å². The predicted molar refractivity (Wildman–Crippen MR) is 168 cm³/mol. The van der Waals surface area contributed by atoms with Gasteiger partial charge in [0.25, 0.3) is 11.1 Å². The topological polar surface area (TPSA) is 134 Å². The maximum absolute atomic E-state index is 14.0. The highest BCUT2D eigenvalue weighted by atomic mass is 32.2. The molecule has 0 atom stereocenters. The third kappa shape index (κ3) is 6.43. The number of benzene rings is 3. The van der Waals surface area contributed by atoms with E-state index in [1.165, 1.54) is 47.3 Å². The Kier molecular flexibility index (Phi) is 9.88. The molecule has 0 spiro atoms. The first-order chi connectivity index (χ1) is 22.0. The molecular weight excluding hydrogens is 604 g/mol. The summed E-state index contributed by atoms with van der Waals surface area (Å²) in [6.45, 7) is 0.187. The molecule has 5 rings (SSSR count). The fraction of sp³-hybridized carbons (Fsp3) is 0.281. The highest BCUT2D eigenvalue weighted by Gasteiger charge is 2.24. The van der Waals surface area contributed by atoms with Crippen molar-refractivity contribution >= 4 is 22.7 Å². The van der Waals surface area contributed by atoms with Crippen LogP contribution in [0.25, 0.3) is 33.7 Å². The van der Waals surface area contributed by atoms with Gasteiger partial charge in [-0.3, -0.25) is 4.79 Å². The van der Waals surface area contributed by atoms with E-state index in [2.05, 4.69) is 10.2 Å². The molecule has 2 heterocycles. The van der Waals surface area contributed by atoms with Crippen LogP contribution in [-0.2, 0) is 0 Å². The molecule has 0 saturated carbocycles. The van der Waals surface area contributed by atoms with Crippen molar-refractivity contribution in [2.75, 3.05) is 55.0 Å². The molecule has 0 bridgehead atoms. The van der Waals surface area contributed by atoms with Gasteiger partial charge >= 0.3 is 0 Å². The molecule has 0 N–H and O–H groups in total. The van der Waals surface area contributed by atoms with Crippen molar-refractivity contribution in [3.05, 3.63) is 58.8 Å². The number of rotatable bonds is 14. The Hall–Kier alpha value is -5.04. The summed E-state index contributed by atoms with van der Waals surface area (Å²) in [6, 6.07) is 14.0. The Labute approximate surface area is 263 Å². The van der Waals surface area contributed by atoms with E-state index in [1.54, 1.807) is 31.4 Å². The van der Waals surface area contributed by atoms with Crippen molar-refractivity contribution in [2.24, 2.45) is 0 Å². The highest BCUT2D eigenvalue weighted by Crippen LogP contribution is 2.44. The number of nitrogens with zero attached hydrogens (tertiary/aromatic N) is 2. The van der Waals surface area contributed by atoms with Gasteiger partial charge in [0.05, 0.1) is 54.8 Å². The zero-order valence-corrected chi connectivity index (χ0v) is 26.4. The van der Waals surface area contributed by atoms with Crippen LogP contribution in [0.3, 0.4) is 0 Å². The maximum atomic E-state index is 14.0. The van der Waals surface area contributed by atoms with E-state index in [-0.39, 0.29) is 34.8 Å². The molecule has 236 valence electrons. The SMILES string of the molecule is COc1cc(OC)c2c(=O)c(OCCCSc3nnc(-c4ccccc4OC)o3)c(-c3cc(OC)c(OC)c(OC)c3)oc2c1. The summed E-state index contributed by atoms with van der Waals surface area (Å²) >= 11 is 1.37. The standard InChI is InChI=1S/C32H32N2O10S/c1-36-19-16-22(38-3)26-23(17-19)43-28(18-14-24(39-4)29(41-6)25(15-18)40-5)30(27(26)35)42-12-9-13-45-32-34-33-31(44-32)20-10-7-8-11-21(20)37-2/h7-8,10-11,14-17H,9,12-13H2,1-6H3. The van der Waals surface area contributed by atoms with Crippen molar-refractivity contribution < 1.29 is 42.0 Å². The van der Waals surface area contributed by atoms with Gasteiger partial charge in [0.1, 0.15) is 28.2 Å². The molecule has 2 aromatic heterocycles. The largest absolute Gasteiger partial charge is 0.496 e. The van der Waals surface area contributed by atoms with E-state index < -0.39 is 5.43 Å². The van der Waals surface area contributed by atoms with E-state index in [0.717, 1.165) is 0 Å². The van der Waals surface area contributed by atoms with Crippen molar-refractivity contribution in [1.82, 2.24) is 10.2 Å². The lowest BCUT2D eigenvalue weighted by Gasteiger charge is -2.16. The zero-order chi connectivity index (χ0) is 31.9. The first-order valence-corrected chi connectivity index (χ1v) is 14.7. The number of methoxy groups -OCH3 is 6. The monoisotopic (exact) mass is 636 g/mol. The Morgan fingerprint density at radius 1 is 0.733 bits per heavy atom. The fourth-order valence-electron chi connectivity index (χ4n) is 4.65. The van der Waals surface area contributed by atoms with Gasteiger partial charge in [-0.1, -0.05) is 23.9 Å². The normalized spacial score (nSPS) is 10.9. The Morgan fingerprint density at radius 2 is 1.44 bits per heavy atom.